The number of hydrogen-bond donors (Lipinski definition) is 0. The Morgan fingerprint density at radius 2 is 1.56 bits per heavy atom. The second-order valence-corrected chi connectivity index (χ2v) is 12.2. The lowest BCUT2D eigenvalue weighted by Crippen LogP contribution is -2.35. The molecule has 2 heteroatoms. The average Bonchev–Trinajstić information content (AvgIpc) is 2.82. The number of hydrogen-bond acceptors (Lipinski definition) is 2. The van der Waals surface area contributed by atoms with Gasteiger partial charge in [0.25, 0.3) is 0 Å². The first-order valence-corrected chi connectivity index (χ1v) is 13.8. The largest absolute Gasteiger partial charge is 0.464 e. The quantitative estimate of drug-likeness (QED) is 0.364. The van der Waals surface area contributed by atoms with Gasteiger partial charge < -0.3 is 9.47 Å². The Kier molecular flexibility index (Phi) is 8.40. The molecule has 0 N–H and O–H groups in total. The molecule has 186 valence electrons. The zero-order valence-electron chi connectivity index (χ0n) is 22.2. The van der Waals surface area contributed by atoms with E-state index in [1.165, 1.54) is 55.2 Å². The van der Waals surface area contributed by atoms with Gasteiger partial charge in [0.2, 0.25) is 6.29 Å². The summed E-state index contributed by atoms with van der Waals surface area (Å²) in [6, 6.07) is 17.9. The van der Waals surface area contributed by atoms with Crippen molar-refractivity contribution in [3.8, 4) is 5.75 Å². The second-order valence-electron chi connectivity index (χ2n) is 12.2. The molecule has 2 aliphatic rings. The highest BCUT2D eigenvalue weighted by Crippen LogP contribution is 2.41. The van der Waals surface area contributed by atoms with Gasteiger partial charge in [-0.15, -0.1) is 0 Å². The van der Waals surface area contributed by atoms with Crippen LogP contribution < -0.4 is 4.74 Å². The Hall–Kier alpha value is -1.80. The summed E-state index contributed by atoms with van der Waals surface area (Å²) in [7, 11) is 0. The Morgan fingerprint density at radius 1 is 0.853 bits per heavy atom. The van der Waals surface area contributed by atoms with Gasteiger partial charge in [-0.1, -0.05) is 90.3 Å². The van der Waals surface area contributed by atoms with Crippen molar-refractivity contribution < 1.29 is 9.47 Å². The third-order valence-electron chi connectivity index (χ3n) is 7.91. The van der Waals surface area contributed by atoms with Crippen LogP contribution >= 0.6 is 0 Å². The van der Waals surface area contributed by atoms with E-state index in [1.54, 1.807) is 0 Å². The lowest BCUT2D eigenvalue weighted by molar-refractivity contribution is -0.143. The van der Waals surface area contributed by atoms with Crippen molar-refractivity contribution in [2.45, 2.75) is 117 Å². The SMILES string of the molecule is CC(C)CC(c1ccc(OC(OC2CCCCC2)C2CCCc3ccccc32)cc1)C(C)(C)C. The summed E-state index contributed by atoms with van der Waals surface area (Å²) < 4.78 is 13.4. The molecular formula is C32H46O2. The third-order valence-corrected chi connectivity index (χ3v) is 7.91. The van der Waals surface area contributed by atoms with Crippen LogP contribution in [0.2, 0.25) is 0 Å². The number of fused-ring (bicyclic) bond motifs is 1. The van der Waals surface area contributed by atoms with Gasteiger partial charge in [0.1, 0.15) is 5.75 Å². The lowest BCUT2D eigenvalue weighted by Gasteiger charge is -2.36. The molecule has 0 saturated heterocycles. The van der Waals surface area contributed by atoms with E-state index in [1.807, 2.05) is 0 Å². The van der Waals surface area contributed by atoms with Crippen LogP contribution in [-0.4, -0.2) is 12.4 Å². The second kappa shape index (κ2) is 11.3. The molecule has 0 amide bonds. The summed E-state index contributed by atoms with van der Waals surface area (Å²) >= 11 is 0. The zero-order chi connectivity index (χ0) is 24.1. The smallest absolute Gasteiger partial charge is 0.207 e. The van der Waals surface area contributed by atoms with E-state index >= 15 is 0 Å². The molecule has 4 rings (SSSR count). The fraction of sp³-hybridized carbons (Fsp3) is 0.625. The van der Waals surface area contributed by atoms with Crippen LogP contribution in [0.4, 0.5) is 0 Å². The Labute approximate surface area is 208 Å². The van der Waals surface area contributed by atoms with Gasteiger partial charge in [0.15, 0.2) is 0 Å². The van der Waals surface area contributed by atoms with Crippen molar-refractivity contribution >= 4 is 0 Å². The molecule has 2 nitrogen and oxygen atoms in total. The summed E-state index contributed by atoms with van der Waals surface area (Å²) in [6.45, 7) is 11.7. The van der Waals surface area contributed by atoms with Gasteiger partial charge in [-0.05, 0) is 84.6 Å². The van der Waals surface area contributed by atoms with Crippen molar-refractivity contribution in [1.29, 1.82) is 0 Å². The van der Waals surface area contributed by atoms with Gasteiger partial charge in [-0.2, -0.15) is 0 Å². The maximum Gasteiger partial charge on any atom is 0.207 e. The van der Waals surface area contributed by atoms with Crippen molar-refractivity contribution in [2.75, 3.05) is 0 Å². The van der Waals surface area contributed by atoms with Crippen LogP contribution in [0.15, 0.2) is 48.5 Å². The molecule has 2 aromatic rings. The Morgan fingerprint density at radius 3 is 2.24 bits per heavy atom. The fourth-order valence-electron chi connectivity index (χ4n) is 6.04. The number of ether oxygens (including phenoxy) is 2. The van der Waals surface area contributed by atoms with Crippen LogP contribution in [0.5, 0.6) is 5.75 Å². The van der Waals surface area contributed by atoms with Gasteiger partial charge in [0.05, 0.1) is 6.10 Å². The van der Waals surface area contributed by atoms with Crippen molar-refractivity contribution in [2.24, 2.45) is 11.3 Å². The molecule has 1 saturated carbocycles. The van der Waals surface area contributed by atoms with E-state index in [0.717, 1.165) is 25.0 Å². The van der Waals surface area contributed by atoms with E-state index in [-0.39, 0.29) is 11.7 Å². The monoisotopic (exact) mass is 462 g/mol. The fourth-order valence-corrected chi connectivity index (χ4v) is 6.04. The van der Waals surface area contributed by atoms with Crippen molar-refractivity contribution in [3.63, 3.8) is 0 Å². The maximum atomic E-state index is 6.75. The minimum absolute atomic E-state index is 0.218. The lowest BCUT2D eigenvalue weighted by atomic mass is 9.72. The van der Waals surface area contributed by atoms with Gasteiger partial charge in [0, 0.05) is 5.92 Å². The molecule has 34 heavy (non-hydrogen) atoms. The van der Waals surface area contributed by atoms with Crippen LogP contribution in [0.3, 0.4) is 0 Å². The number of rotatable bonds is 8. The first-order valence-electron chi connectivity index (χ1n) is 13.8. The number of benzene rings is 2. The topological polar surface area (TPSA) is 18.5 Å². The summed E-state index contributed by atoms with van der Waals surface area (Å²) in [5, 5.41) is 0. The van der Waals surface area contributed by atoms with Gasteiger partial charge >= 0.3 is 0 Å². The van der Waals surface area contributed by atoms with E-state index in [0.29, 0.717) is 23.9 Å². The molecular weight excluding hydrogens is 416 g/mol. The molecule has 3 unspecified atom stereocenters. The first kappa shape index (κ1) is 25.3. The van der Waals surface area contributed by atoms with E-state index in [9.17, 15) is 0 Å². The molecule has 3 atom stereocenters. The molecule has 0 aromatic heterocycles. The van der Waals surface area contributed by atoms with Crippen LogP contribution in [-0.2, 0) is 11.2 Å². The van der Waals surface area contributed by atoms with Crippen molar-refractivity contribution in [1.82, 2.24) is 0 Å². The zero-order valence-corrected chi connectivity index (χ0v) is 22.2. The van der Waals surface area contributed by atoms with Gasteiger partial charge in [-0.25, -0.2) is 0 Å². The highest BCUT2D eigenvalue weighted by atomic mass is 16.7. The third kappa shape index (κ3) is 6.45. The minimum atomic E-state index is -0.218. The van der Waals surface area contributed by atoms with E-state index < -0.39 is 0 Å². The summed E-state index contributed by atoms with van der Waals surface area (Å²) in [5.74, 6) is 2.46. The molecule has 2 aromatic carbocycles. The van der Waals surface area contributed by atoms with Gasteiger partial charge in [-0.3, -0.25) is 0 Å². The summed E-state index contributed by atoms with van der Waals surface area (Å²) in [5.41, 5.74) is 4.55. The Balaban J connectivity index is 1.55. The van der Waals surface area contributed by atoms with Crippen LogP contribution in [0, 0.1) is 11.3 Å². The molecule has 0 radical (unpaired) electrons. The summed E-state index contributed by atoms with van der Waals surface area (Å²) in [6.07, 6.45) is 11.0. The predicted octanol–water partition coefficient (Wildman–Crippen LogP) is 9.04. The highest BCUT2D eigenvalue weighted by Gasteiger charge is 2.33. The standard InChI is InChI=1S/C32H46O2/c1-23(2)22-30(32(3,4)5)25-18-20-27(21-19-25)34-31(33-26-14-7-6-8-15-26)29-17-11-13-24-12-9-10-16-28(24)29/h9-10,12,16,18-21,23,26,29-31H,6-8,11,13-15,17,22H2,1-5H3. The highest BCUT2D eigenvalue weighted by molar-refractivity contribution is 5.34. The van der Waals surface area contributed by atoms with Crippen molar-refractivity contribution in [3.05, 3.63) is 65.2 Å². The molecule has 2 aliphatic carbocycles. The Bertz CT molecular complexity index is 886. The van der Waals surface area contributed by atoms with E-state index in [2.05, 4.69) is 83.1 Å². The van der Waals surface area contributed by atoms with Crippen LogP contribution in [0.1, 0.15) is 115 Å². The predicted molar refractivity (Wildman–Crippen MR) is 143 cm³/mol. The molecule has 0 spiro atoms. The molecule has 0 heterocycles. The van der Waals surface area contributed by atoms with Crippen LogP contribution in [0.25, 0.3) is 0 Å². The normalized spacial score (nSPS) is 21.2. The summed E-state index contributed by atoms with van der Waals surface area (Å²) in [4.78, 5) is 0. The maximum absolute atomic E-state index is 6.75. The molecule has 1 fully saturated rings. The minimum Gasteiger partial charge on any atom is -0.464 e. The van der Waals surface area contributed by atoms with E-state index in [4.69, 9.17) is 9.47 Å². The first-order chi connectivity index (χ1) is 16.3. The average molecular weight is 463 g/mol. The molecule has 0 aliphatic heterocycles. The molecule has 0 bridgehead atoms. The number of aryl methyl sites for hydroxylation is 1.